The highest BCUT2D eigenvalue weighted by Gasteiger charge is 2.23. The van der Waals surface area contributed by atoms with Crippen molar-refractivity contribution < 1.29 is 14.3 Å². The van der Waals surface area contributed by atoms with Crippen LogP contribution in [0.15, 0.2) is 18.3 Å². The molecule has 20 heavy (non-hydrogen) atoms. The van der Waals surface area contributed by atoms with Gasteiger partial charge in [0, 0.05) is 6.20 Å². The fraction of sp³-hybridized carbons (Fsp3) is 0.533. The highest BCUT2D eigenvalue weighted by Crippen LogP contribution is 2.09. The minimum atomic E-state index is -0.675. The van der Waals surface area contributed by atoms with Crippen molar-refractivity contribution in [1.82, 2.24) is 10.3 Å². The summed E-state index contributed by atoms with van der Waals surface area (Å²) in [5.74, 6) is -0.686. The first-order valence-corrected chi connectivity index (χ1v) is 6.62. The number of hydrogen-bond donors (Lipinski definition) is 1. The van der Waals surface area contributed by atoms with E-state index in [-0.39, 0.29) is 12.3 Å². The second kappa shape index (κ2) is 6.50. The third-order valence-corrected chi connectivity index (χ3v) is 2.58. The number of aryl methyl sites for hydroxylation is 1. The molecule has 0 bridgehead atoms. The van der Waals surface area contributed by atoms with Crippen molar-refractivity contribution in [2.24, 2.45) is 0 Å². The summed E-state index contributed by atoms with van der Waals surface area (Å²) in [5, 5.41) is 2.62. The van der Waals surface area contributed by atoms with Crippen molar-refractivity contribution in [3.8, 4) is 0 Å². The third-order valence-electron chi connectivity index (χ3n) is 2.58. The van der Waals surface area contributed by atoms with Gasteiger partial charge < -0.3 is 10.1 Å². The maximum absolute atomic E-state index is 11.9. The molecule has 0 aliphatic rings. The van der Waals surface area contributed by atoms with Crippen molar-refractivity contribution >= 4 is 11.9 Å². The number of esters is 1. The number of nitrogens with one attached hydrogen (secondary N) is 1. The zero-order chi connectivity index (χ0) is 15.3. The largest absolute Gasteiger partial charge is 0.458 e. The number of rotatable bonds is 4. The van der Waals surface area contributed by atoms with Crippen LogP contribution in [0.5, 0.6) is 0 Å². The lowest BCUT2D eigenvalue weighted by atomic mass is 10.1. The molecule has 1 aromatic rings. The van der Waals surface area contributed by atoms with E-state index in [2.05, 4.69) is 10.3 Å². The quantitative estimate of drug-likeness (QED) is 0.852. The van der Waals surface area contributed by atoms with E-state index in [0.29, 0.717) is 5.69 Å². The number of hydrogen-bond acceptors (Lipinski definition) is 4. The van der Waals surface area contributed by atoms with Crippen molar-refractivity contribution in [2.45, 2.75) is 52.7 Å². The molecule has 1 N–H and O–H groups in total. The number of amides is 1. The molecule has 0 aromatic carbocycles. The minimum absolute atomic E-state index is 0.153. The Hall–Kier alpha value is -1.91. The summed E-state index contributed by atoms with van der Waals surface area (Å²) in [4.78, 5) is 27.8. The van der Waals surface area contributed by atoms with Gasteiger partial charge in [0.1, 0.15) is 11.6 Å². The molecule has 0 unspecified atom stereocenters. The molecule has 0 saturated heterocycles. The molecule has 0 saturated carbocycles. The lowest BCUT2D eigenvalue weighted by Crippen LogP contribution is -2.42. The summed E-state index contributed by atoms with van der Waals surface area (Å²) in [6.45, 7) is 8.87. The molecule has 1 amide bonds. The van der Waals surface area contributed by atoms with Crippen LogP contribution < -0.4 is 5.32 Å². The second-order valence-electron chi connectivity index (χ2n) is 5.77. The highest BCUT2D eigenvalue weighted by atomic mass is 16.6. The van der Waals surface area contributed by atoms with Crippen molar-refractivity contribution in [2.75, 3.05) is 0 Å². The van der Waals surface area contributed by atoms with Crippen molar-refractivity contribution in [3.63, 3.8) is 0 Å². The number of ether oxygens (including phenoxy) is 1. The Bertz CT molecular complexity index is 492. The van der Waals surface area contributed by atoms with E-state index in [1.54, 1.807) is 33.9 Å². The first-order valence-electron chi connectivity index (χ1n) is 6.62. The molecule has 0 radical (unpaired) electrons. The van der Waals surface area contributed by atoms with Gasteiger partial charge in [-0.15, -0.1) is 0 Å². The molecule has 1 heterocycles. The molecular weight excluding hydrogens is 256 g/mol. The summed E-state index contributed by atoms with van der Waals surface area (Å²) in [6, 6.07) is 3.04. The van der Waals surface area contributed by atoms with Gasteiger partial charge in [0.15, 0.2) is 0 Å². The smallest absolute Gasteiger partial charge is 0.328 e. The number of carbonyl (C=O) groups excluding carboxylic acids is 2. The van der Waals surface area contributed by atoms with Gasteiger partial charge in [0.25, 0.3) is 0 Å². The zero-order valence-corrected chi connectivity index (χ0v) is 12.7. The van der Waals surface area contributed by atoms with E-state index < -0.39 is 17.6 Å². The van der Waals surface area contributed by atoms with Crippen LogP contribution in [0.4, 0.5) is 0 Å². The summed E-state index contributed by atoms with van der Waals surface area (Å²) >= 11 is 0. The standard InChI is InChI=1S/C15H22N2O3/c1-10-7-6-8-16-12(10)9-13(18)17-11(2)14(19)20-15(3,4)5/h6-8,11H,9H2,1-5H3,(H,17,18)/t11-/m0/s1. The summed E-state index contributed by atoms with van der Waals surface area (Å²) in [6.07, 6.45) is 1.80. The summed E-state index contributed by atoms with van der Waals surface area (Å²) < 4.78 is 5.21. The molecule has 5 heteroatoms. The molecule has 0 aliphatic carbocycles. The predicted octanol–water partition coefficient (Wildman–Crippen LogP) is 1.78. The lowest BCUT2D eigenvalue weighted by molar-refractivity contribution is -0.158. The van der Waals surface area contributed by atoms with Crippen LogP contribution in [0, 0.1) is 6.92 Å². The Labute approximate surface area is 119 Å². The normalized spacial score (nSPS) is 12.7. The van der Waals surface area contributed by atoms with Gasteiger partial charge in [-0.2, -0.15) is 0 Å². The van der Waals surface area contributed by atoms with Crippen LogP contribution in [0.1, 0.15) is 39.0 Å². The Balaban J connectivity index is 2.54. The molecule has 5 nitrogen and oxygen atoms in total. The van der Waals surface area contributed by atoms with Gasteiger partial charge in [-0.25, -0.2) is 4.79 Å². The maximum atomic E-state index is 11.9. The van der Waals surface area contributed by atoms with Crippen molar-refractivity contribution in [3.05, 3.63) is 29.6 Å². The van der Waals surface area contributed by atoms with E-state index in [1.807, 2.05) is 19.1 Å². The zero-order valence-electron chi connectivity index (χ0n) is 12.7. The Morgan fingerprint density at radius 2 is 2.05 bits per heavy atom. The summed E-state index contributed by atoms with van der Waals surface area (Å²) in [5.41, 5.74) is 1.10. The average Bonchev–Trinajstić information content (AvgIpc) is 2.29. The Morgan fingerprint density at radius 1 is 1.40 bits per heavy atom. The second-order valence-corrected chi connectivity index (χ2v) is 5.77. The van der Waals surface area contributed by atoms with Crippen LogP contribution in [0.3, 0.4) is 0 Å². The Kier molecular flexibility index (Phi) is 5.25. The maximum Gasteiger partial charge on any atom is 0.328 e. The van der Waals surface area contributed by atoms with E-state index in [9.17, 15) is 9.59 Å². The van der Waals surface area contributed by atoms with Crippen LogP contribution >= 0.6 is 0 Å². The van der Waals surface area contributed by atoms with Gasteiger partial charge in [0.2, 0.25) is 5.91 Å². The lowest BCUT2D eigenvalue weighted by Gasteiger charge is -2.22. The highest BCUT2D eigenvalue weighted by molar-refractivity contribution is 5.85. The van der Waals surface area contributed by atoms with Gasteiger partial charge in [-0.3, -0.25) is 9.78 Å². The predicted molar refractivity (Wildman–Crippen MR) is 76.1 cm³/mol. The third kappa shape index (κ3) is 5.38. The number of nitrogens with zero attached hydrogens (tertiary/aromatic N) is 1. The molecule has 1 aromatic heterocycles. The van der Waals surface area contributed by atoms with Crippen LogP contribution in [-0.2, 0) is 20.7 Å². The molecular formula is C15H22N2O3. The van der Waals surface area contributed by atoms with Crippen molar-refractivity contribution in [1.29, 1.82) is 0 Å². The summed E-state index contributed by atoms with van der Waals surface area (Å²) in [7, 11) is 0. The van der Waals surface area contributed by atoms with Gasteiger partial charge >= 0.3 is 5.97 Å². The van der Waals surface area contributed by atoms with E-state index in [4.69, 9.17) is 4.74 Å². The van der Waals surface area contributed by atoms with Gasteiger partial charge in [-0.05, 0) is 46.2 Å². The number of aromatic nitrogens is 1. The topological polar surface area (TPSA) is 68.3 Å². The molecule has 1 atom stereocenters. The van der Waals surface area contributed by atoms with Gasteiger partial charge in [-0.1, -0.05) is 6.07 Å². The number of carbonyl (C=O) groups is 2. The van der Waals surface area contributed by atoms with Crippen LogP contribution in [0.2, 0.25) is 0 Å². The molecule has 0 aliphatic heterocycles. The van der Waals surface area contributed by atoms with Crippen LogP contribution in [-0.4, -0.2) is 28.5 Å². The number of pyridine rings is 1. The fourth-order valence-corrected chi connectivity index (χ4v) is 1.60. The Morgan fingerprint density at radius 3 is 2.60 bits per heavy atom. The van der Waals surface area contributed by atoms with Gasteiger partial charge in [0.05, 0.1) is 12.1 Å². The SMILES string of the molecule is Cc1cccnc1CC(=O)N[C@@H](C)C(=O)OC(C)(C)C. The van der Waals surface area contributed by atoms with Crippen LogP contribution in [0.25, 0.3) is 0 Å². The molecule has 0 fully saturated rings. The first kappa shape index (κ1) is 16.1. The first-order chi connectivity index (χ1) is 9.19. The monoisotopic (exact) mass is 278 g/mol. The van der Waals surface area contributed by atoms with E-state index in [0.717, 1.165) is 5.56 Å². The molecule has 0 spiro atoms. The minimum Gasteiger partial charge on any atom is -0.458 e. The molecule has 110 valence electrons. The van der Waals surface area contributed by atoms with E-state index in [1.165, 1.54) is 0 Å². The average molecular weight is 278 g/mol. The fourth-order valence-electron chi connectivity index (χ4n) is 1.60. The molecule has 1 rings (SSSR count). The van der Waals surface area contributed by atoms with E-state index >= 15 is 0 Å².